The minimum absolute atomic E-state index is 0.140. The van der Waals surface area contributed by atoms with Gasteiger partial charge in [0.2, 0.25) is 0 Å². The molecular formula is C13H14N4O3. The Morgan fingerprint density at radius 3 is 2.80 bits per heavy atom. The first-order chi connectivity index (χ1) is 9.72. The largest absolute Gasteiger partial charge is 0.325 e. The van der Waals surface area contributed by atoms with Gasteiger partial charge in [-0.2, -0.15) is 0 Å². The lowest BCUT2D eigenvalue weighted by atomic mass is 9.90. The Labute approximate surface area is 113 Å². The Bertz CT molecular complexity index is 727. The van der Waals surface area contributed by atoms with Gasteiger partial charge in [0.05, 0.1) is 23.2 Å². The van der Waals surface area contributed by atoms with Crippen molar-refractivity contribution in [2.75, 3.05) is 0 Å². The van der Waals surface area contributed by atoms with Crippen molar-refractivity contribution in [3.8, 4) is 0 Å². The third kappa shape index (κ3) is 1.66. The van der Waals surface area contributed by atoms with E-state index < -0.39 is 0 Å². The van der Waals surface area contributed by atoms with Gasteiger partial charge in [-0.3, -0.25) is 14.6 Å². The summed E-state index contributed by atoms with van der Waals surface area (Å²) in [5, 5.41) is 1.48. The van der Waals surface area contributed by atoms with E-state index in [4.69, 9.17) is 4.84 Å². The van der Waals surface area contributed by atoms with Crippen LogP contribution in [0.5, 0.6) is 0 Å². The maximum absolute atomic E-state index is 12.7. The second-order valence-corrected chi connectivity index (χ2v) is 5.33. The minimum Gasteiger partial charge on any atom is -0.304 e. The highest BCUT2D eigenvalue weighted by atomic mass is 16.7. The van der Waals surface area contributed by atoms with E-state index in [1.54, 1.807) is 6.07 Å². The van der Waals surface area contributed by atoms with Crippen LogP contribution < -0.4 is 5.69 Å². The Kier molecular flexibility index (Phi) is 2.43. The lowest BCUT2D eigenvalue weighted by Crippen LogP contribution is -2.51. The number of imidazole rings is 1. The normalized spacial score (nSPS) is 25.3. The predicted octanol–water partition coefficient (Wildman–Crippen LogP) is 0.950. The van der Waals surface area contributed by atoms with E-state index >= 15 is 0 Å². The summed E-state index contributed by atoms with van der Waals surface area (Å²) in [6.45, 7) is 0. The molecule has 3 aliphatic rings. The molecule has 2 bridgehead atoms. The number of hydrogen-bond donors (Lipinski definition) is 2. The lowest BCUT2D eigenvalue weighted by molar-refractivity contribution is -0.241. The zero-order chi connectivity index (χ0) is 13.7. The average Bonchev–Trinajstić information content (AvgIpc) is 2.87. The van der Waals surface area contributed by atoms with Crippen molar-refractivity contribution in [2.45, 2.75) is 37.8 Å². The minimum atomic E-state index is -0.367. The first kappa shape index (κ1) is 11.7. The standard InChI is InChI=1S/C13H14N4O3/c18-12(17-7-1-3-8(20-17)4-2-7)9-5-6-14-11-10(9)15-13(19)16-11/h5-8H,1-4H2,(H2,14,15,16,19). The van der Waals surface area contributed by atoms with E-state index in [0.29, 0.717) is 16.7 Å². The van der Waals surface area contributed by atoms with Crippen LogP contribution in [0.1, 0.15) is 36.0 Å². The van der Waals surface area contributed by atoms with Gasteiger partial charge in [-0.25, -0.2) is 14.8 Å². The molecule has 1 amide bonds. The van der Waals surface area contributed by atoms with E-state index in [2.05, 4.69) is 15.0 Å². The average molecular weight is 274 g/mol. The van der Waals surface area contributed by atoms with Crippen LogP contribution in [0.3, 0.4) is 0 Å². The fraction of sp³-hybridized carbons (Fsp3) is 0.462. The molecule has 4 heterocycles. The molecule has 7 heteroatoms. The molecule has 0 atom stereocenters. The second kappa shape index (κ2) is 4.17. The fourth-order valence-electron chi connectivity index (χ4n) is 3.08. The predicted molar refractivity (Wildman–Crippen MR) is 70.0 cm³/mol. The van der Waals surface area contributed by atoms with E-state index in [0.717, 1.165) is 25.7 Å². The molecule has 0 radical (unpaired) electrons. The Hall–Kier alpha value is -2.15. The number of nitrogens with one attached hydrogen (secondary N) is 2. The fourth-order valence-corrected chi connectivity index (χ4v) is 3.08. The highest BCUT2D eigenvalue weighted by Crippen LogP contribution is 2.34. The van der Waals surface area contributed by atoms with Crippen molar-refractivity contribution in [1.29, 1.82) is 0 Å². The monoisotopic (exact) mass is 274 g/mol. The number of hydroxylamine groups is 2. The molecule has 2 N–H and O–H groups in total. The number of aromatic nitrogens is 3. The SMILES string of the molecule is O=C(c1ccnc2[nH]c(=O)[nH]c12)N1OC2CCC1CC2. The van der Waals surface area contributed by atoms with E-state index in [1.807, 2.05) is 0 Å². The van der Waals surface area contributed by atoms with Gasteiger partial charge in [-0.1, -0.05) is 0 Å². The molecule has 3 fully saturated rings. The van der Waals surface area contributed by atoms with E-state index in [-0.39, 0.29) is 23.7 Å². The topological polar surface area (TPSA) is 91.1 Å². The molecule has 20 heavy (non-hydrogen) atoms. The number of nitrogens with zero attached hydrogens (tertiary/aromatic N) is 2. The number of carbonyl (C=O) groups excluding carboxylic acids is 1. The highest BCUT2D eigenvalue weighted by molar-refractivity contribution is 6.03. The number of hydrogen-bond acceptors (Lipinski definition) is 4. The maximum atomic E-state index is 12.7. The van der Waals surface area contributed by atoms with Gasteiger partial charge >= 0.3 is 5.69 Å². The van der Waals surface area contributed by atoms with Crippen molar-refractivity contribution in [3.05, 3.63) is 28.3 Å². The number of rotatable bonds is 1. The van der Waals surface area contributed by atoms with Crippen LogP contribution in [0.25, 0.3) is 11.2 Å². The summed E-state index contributed by atoms with van der Waals surface area (Å²) in [6, 6.07) is 1.75. The van der Waals surface area contributed by atoms with Crippen molar-refractivity contribution in [1.82, 2.24) is 20.0 Å². The molecule has 0 aromatic carbocycles. The van der Waals surface area contributed by atoms with Gasteiger partial charge in [0.15, 0.2) is 5.65 Å². The Morgan fingerprint density at radius 2 is 2.10 bits per heavy atom. The first-order valence-electron chi connectivity index (χ1n) is 6.80. The lowest BCUT2D eigenvalue weighted by Gasteiger charge is -2.44. The molecule has 0 spiro atoms. The van der Waals surface area contributed by atoms with Crippen molar-refractivity contribution >= 4 is 17.1 Å². The third-order valence-electron chi connectivity index (χ3n) is 4.09. The molecule has 0 unspecified atom stereocenters. The number of pyridine rings is 1. The summed E-state index contributed by atoms with van der Waals surface area (Å²) in [5.74, 6) is -0.206. The summed E-state index contributed by atoms with van der Waals surface area (Å²) in [4.78, 5) is 38.9. The van der Waals surface area contributed by atoms with Crippen LogP contribution >= 0.6 is 0 Å². The molecule has 104 valence electrons. The summed E-state index contributed by atoms with van der Waals surface area (Å²) in [7, 11) is 0. The van der Waals surface area contributed by atoms with Crippen LogP contribution in [-0.2, 0) is 4.84 Å². The number of amides is 1. The van der Waals surface area contributed by atoms with Gasteiger partial charge in [0.25, 0.3) is 5.91 Å². The zero-order valence-electron chi connectivity index (χ0n) is 10.8. The highest BCUT2D eigenvalue weighted by Gasteiger charge is 2.38. The van der Waals surface area contributed by atoms with Crippen LogP contribution in [0.4, 0.5) is 0 Å². The molecule has 1 aliphatic carbocycles. The quantitative estimate of drug-likeness (QED) is 0.810. The third-order valence-corrected chi connectivity index (χ3v) is 4.09. The molecule has 2 aliphatic heterocycles. The van der Waals surface area contributed by atoms with Crippen LogP contribution in [0.15, 0.2) is 17.1 Å². The van der Waals surface area contributed by atoms with Crippen molar-refractivity contribution in [3.63, 3.8) is 0 Å². The van der Waals surface area contributed by atoms with E-state index in [1.165, 1.54) is 11.3 Å². The second-order valence-electron chi connectivity index (χ2n) is 5.33. The van der Waals surface area contributed by atoms with Gasteiger partial charge in [0, 0.05) is 6.20 Å². The number of carbonyl (C=O) groups is 1. The number of aromatic amines is 2. The summed E-state index contributed by atoms with van der Waals surface area (Å²) < 4.78 is 0. The van der Waals surface area contributed by atoms with E-state index in [9.17, 15) is 9.59 Å². The Balaban J connectivity index is 1.75. The number of fused-ring (bicyclic) bond motifs is 4. The molecule has 2 aromatic heterocycles. The molecule has 5 rings (SSSR count). The molecule has 7 nitrogen and oxygen atoms in total. The molecule has 2 aromatic rings. The summed E-state index contributed by atoms with van der Waals surface area (Å²) in [5.41, 5.74) is 0.880. The summed E-state index contributed by atoms with van der Waals surface area (Å²) >= 11 is 0. The van der Waals surface area contributed by atoms with Gasteiger partial charge in [-0.15, -0.1) is 0 Å². The number of H-pyrrole nitrogens is 2. The van der Waals surface area contributed by atoms with Gasteiger partial charge < -0.3 is 4.98 Å². The molecule has 1 saturated carbocycles. The molecule has 2 saturated heterocycles. The van der Waals surface area contributed by atoms with Gasteiger partial charge in [0.1, 0.15) is 0 Å². The smallest absolute Gasteiger partial charge is 0.304 e. The zero-order valence-corrected chi connectivity index (χ0v) is 10.8. The van der Waals surface area contributed by atoms with Crippen LogP contribution in [0, 0.1) is 0 Å². The first-order valence-corrected chi connectivity index (χ1v) is 6.80. The van der Waals surface area contributed by atoms with Crippen LogP contribution in [-0.4, -0.2) is 38.1 Å². The van der Waals surface area contributed by atoms with Crippen molar-refractivity contribution in [2.24, 2.45) is 0 Å². The Morgan fingerprint density at radius 1 is 1.30 bits per heavy atom. The van der Waals surface area contributed by atoms with Crippen molar-refractivity contribution < 1.29 is 9.63 Å². The summed E-state index contributed by atoms with van der Waals surface area (Å²) in [6.07, 6.45) is 5.65. The van der Waals surface area contributed by atoms with Crippen LogP contribution in [0.2, 0.25) is 0 Å². The molecular weight excluding hydrogens is 260 g/mol. The van der Waals surface area contributed by atoms with Gasteiger partial charge in [-0.05, 0) is 31.7 Å². The maximum Gasteiger partial charge on any atom is 0.325 e.